The molecule has 0 unspecified atom stereocenters. The Bertz CT molecular complexity index is 972. The van der Waals surface area contributed by atoms with Crippen LogP contribution in [0.15, 0.2) is 74.8 Å². The van der Waals surface area contributed by atoms with Gasteiger partial charge in [0, 0.05) is 6.54 Å². The highest BCUT2D eigenvalue weighted by Gasteiger charge is 2.32. The summed E-state index contributed by atoms with van der Waals surface area (Å²) in [5.74, 6) is 0.201. The van der Waals surface area contributed by atoms with Crippen LogP contribution in [0.25, 0.3) is 0 Å². The average Bonchev–Trinajstić information content (AvgIpc) is 3.35. The molecule has 0 aliphatic rings. The number of carbonyl (C=O) groups is 1. The summed E-state index contributed by atoms with van der Waals surface area (Å²) in [7, 11) is -3.77. The summed E-state index contributed by atoms with van der Waals surface area (Å²) >= 11 is 0. The molecule has 1 N–H and O–H groups in total. The molecule has 27 heavy (non-hydrogen) atoms. The van der Waals surface area contributed by atoms with Crippen molar-refractivity contribution in [2.75, 3.05) is 6.54 Å². The van der Waals surface area contributed by atoms with Crippen LogP contribution in [0.4, 0.5) is 0 Å². The first-order chi connectivity index (χ1) is 12.9. The minimum atomic E-state index is -3.77. The summed E-state index contributed by atoms with van der Waals surface area (Å²) in [5, 5.41) is 1.56. The van der Waals surface area contributed by atoms with Gasteiger partial charge in [0.15, 0.2) is 15.6 Å². The molecule has 1 amide bonds. The summed E-state index contributed by atoms with van der Waals surface area (Å²) in [6.07, 6.45) is 2.79. The minimum absolute atomic E-state index is 0.117. The van der Waals surface area contributed by atoms with Gasteiger partial charge < -0.3 is 14.2 Å². The Hall–Kier alpha value is -2.80. The molecule has 2 heterocycles. The second kappa shape index (κ2) is 7.84. The van der Waals surface area contributed by atoms with Crippen molar-refractivity contribution in [1.82, 2.24) is 5.32 Å². The van der Waals surface area contributed by atoms with Crippen LogP contribution in [0.2, 0.25) is 0 Å². The molecule has 0 spiro atoms. The van der Waals surface area contributed by atoms with Gasteiger partial charge in [-0.1, -0.05) is 26.0 Å². The number of sulfone groups is 1. The van der Waals surface area contributed by atoms with Crippen molar-refractivity contribution in [3.8, 4) is 0 Å². The molecule has 6 nitrogen and oxygen atoms in total. The van der Waals surface area contributed by atoms with Crippen molar-refractivity contribution in [2.45, 2.75) is 29.9 Å². The van der Waals surface area contributed by atoms with Crippen LogP contribution in [0.3, 0.4) is 0 Å². The first-order valence-corrected chi connectivity index (χ1v) is 10.1. The van der Waals surface area contributed by atoms with Gasteiger partial charge in [-0.25, -0.2) is 8.42 Å². The Morgan fingerprint density at radius 3 is 2.22 bits per heavy atom. The van der Waals surface area contributed by atoms with E-state index in [1.807, 2.05) is 13.8 Å². The highest BCUT2D eigenvalue weighted by atomic mass is 32.2. The molecule has 3 aromatic rings. The first kappa shape index (κ1) is 19.0. The van der Waals surface area contributed by atoms with Crippen LogP contribution in [-0.2, 0) is 9.84 Å². The highest BCUT2D eigenvalue weighted by Crippen LogP contribution is 2.30. The van der Waals surface area contributed by atoms with Crippen molar-refractivity contribution in [3.63, 3.8) is 0 Å². The molecule has 0 radical (unpaired) electrons. The molecule has 0 bridgehead atoms. The number of carbonyl (C=O) groups excluding carboxylic acids is 1. The van der Waals surface area contributed by atoms with Crippen LogP contribution in [0, 0.1) is 0 Å². The van der Waals surface area contributed by atoms with Gasteiger partial charge in [-0.2, -0.15) is 0 Å². The van der Waals surface area contributed by atoms with Crippen LogP contribution < -0.4 is 5.32 Å². The smallest absolute Gasteiger partial charge is 0.287 e. The summed E-state index contributed by atoms with van der Waals surface area (Å²) in [6, 6.07) is 13.1. The minimum Gasteiger partial charge on any atom is -0.468 e. The van der Waals surface area contributed by atoms with Gasteiger partial charge >= 0.3 is 0 Å². The van der Waals surface area contributed by atoms with E-state index in [2.05, 4.69) is 5.32 Å². The average molecular weight is 387 g/mol. The van der Waals surface area contributed by atoms with E-state index < -0.39 is 21.0 Å². The van der Waals surface area contributed by atoms with Gasteiger partial charge in [0.1, 0.15) is 11.0 Å². The number of furan rings is 2. The van der Waals surface area contributed by atoms with Gasteiger partial charge in [0.25, 0.3) is 5.91 Å². The molecule has 2 aromatic heterocycles. The highest BCUT2D eigenvalue weighted by molar-refractivity contribution is 7.91. The molecule has 7 heteroatoms. The van der Waals surface area contributed by atoms with Crippen LogP contribution in [0.1, 0.15) is 46.9 Å². The molecule has 0 aliphatic heterocycles. The maximum absolute atomic E-state index is 13.2. The fourth-order valence-corrected chi connectivity index (χ4v) is 4.31. The van der Waals surface area contributed by atoms with Gasteiger partial charge in [0.2, 0.25) is 0 Å². The van der Waals surface area contributed by atoms with Gasteiger partial charge in [-0.05, 0) is 47.9 Å². The number of hydrogen-bond acceptors (Lipinski definition) is 5. The molecule has 0 fully saturated rings. The van der Waals surface area contributed by atoms with Crippen LogP contribution in [-0.4, -0.2) is 20.9 Å². The van der Waals surface area contributed by atoms with E-state index in [0.717, 1.165) is 5.56 Å². The lowest BCUT2D eigenvalue weighted by Gasteiger charge is -2.17. The quantitative estimate of drug-likeness (QED) is 0.663. The van der Waals surface area contributed by atoms with Crippen molar-refractivity contribution in [2.24, 2.45) is 0 Å². The fourth-order valence-electron chi connectivity index (χ4n) is 2.72. The van der Waals surface area contributed by atoms with Crippen molar-refractivity contribution in [3.05, 3.63) is 78.1 Å². The Balaban J connectivity index is 1.87. The van der Waals surface area contributed by atoms with E-state index >= 15 is 0 Å². The monoisotopic (exact) mass is 387 g/mol. The molecular weight excluding hydrogens is 366 g/mol. The zero-order valence-electron chi connectivity index (χ0n) is 15.1. The van der Waals surface area contributed by atoms with E-state index in [1.54, 1.807) is 42.5 Å². The molecule has 1 atom stereocenters. The van der Waals surface area contributed by atoms with Crippen molar-refractivity contribution >= 4 is 15.7 Å². The van der Waals surface area contributed by atoms with Gasteiger partial charge in [-0.3, -0.25) is 4.79 Å². The van der Waals surface area contributed by atoms with E-state index in [1.165, 1.54) is 18.6 Å². The summed E-state index contributed by atoms with van der Waals surface area (Å²) in [5.41, 5.74) is 1.05. The van der Waals surface area contributed by atoms with Crippen molar-refractivity contribution in [1.29, 1.82) is 0 Å². The third kappa shape index (κ3) is 4.14. The number of hydrogen-bond donors (Lipinski definition) is 1. The normalized spacial score (nSPS) is 12.9. The number of amides is 1. The SMILES string of the molecule is CC(C)c1ccc(S(=O)(=O)[C@@H](CNC(=O)c2ccco2)c2ccco2)cc1. The van der Waals surface area contributed by atoms with Gasteiger partial charge in [-0.15, -0.1) is 0 Å². The predicted octanol–water partition coefficient (Wildman–Crippen LogP) is 3.94. The predicted molar refractivity (Wildman–Crippen MR) is 100 cm³/mol. The van der Waals surface area contributed by atoms with E-state index in [0.29, 0.717) is 5.92 Å². The van der Waals surface area contributed by atoms with Crippen LogP contribution >= 0.6 is 0 Å². The second-order valence-corrected chi connectivity index (χ2v) is 8.59. The molecule has 0 aliphatic carbocycles. The topological polar surface area (TPSA) is 89.5 Å². The van der Waals surface area contributed by atoms with E-state index in [-0.39, 0.29) is 23.0 Å². The summed E-state index contributed by atoms with van der Waals surface area (Å²) in [6.45, 7) is 3.94. The van der Waals surface area contributed by atoms with Crippen LogP contribution in [0.5, 0.6) is 0 Å². The lowest BCUT2D eigenvalue weighted by Crippen LogP contribution is -2.31. The Labute approximate surface area is 158 Å². The molecule has 3 rings (SSSR count). The Kier molecular flexibility index (Phi) is 5.51. The molecule has 1 aromatic carbocycles. The lowest BCUT2D eigenvalue weighted by molar-refractivity contribution is 0.0925. The second-order valence-electron chi connectivity index (χ2n) is 6.46. The zero-order valence-corrected chi connectivity index (χ0v) is 15.9. The molecule has 142 valence electrons. The number of benzene rings is 1. The van der Waals surface area contributed by atoms with Gasteiger partial charge in [0.05, 0.1) is 17.4 Å². The lowest BCUT2D eigenvalue weighted by atomic mass is 10.0. The summed E-state index contributed by atoms with van der Waals surface area (Å²) in [4.78, 5) is 12.3. The number of rotatable bonds is 7. The molecule has 0 saturated carbocycles. The third-order valence-corrected chi connectivity index (χ3v) is 6.38. The fraction of sp³-hybridized carbons (Fsp3) is 0.250. The Morgan fingerprint density at radius 2 is 1.67 bits per heavy atom. The summed E-state index contributed by atoms with van der Waals surface area (Å²) < 4.78 is 36.7. The zero-order chi connectivity index (χ0) is 19.4. The third-order valence-electron chi connectivity index (χ3n) is 4.30. The largest absolute Gasteiger partial charge is 0.468 e. The Morgan fingerprint density at radius 1 is 1.00 bits per heavy atom. The van der Waals surface area contributed by atoms with E-state index in [4.69, 9.17) is 8.83 Å². The maximum atomic E-state index is 13.2. The standard InChI is InChI=1S/C20H21NO5S/c1-14(2)15-7-9-16(10-8-15)27(23,24)19(17-5-3-11-25-17)13-21-20(22)18-6-4-12-26-18/h3-12,14,19H,13H2,1-2H3,(H,21,22)/t19-/m0/s1. The maximum Gasteiger partial charge on any atom is 0.287 e. The van der Waals surface area contributed by atoms with Crippen molar-refractivity contribution < 1.29 is 22.0 Å². The molecule has 0 saturated heterocycles. The van der Waals surface area contributed by atoms with E-state index in [9.17, 15) is 13.2 Å². The molecular formula is C20H21NO5S. The number of nitrogens with one attached hydrogen (secondary N) is 1. The first-order valence-electron chi connectivity index (χ1n) is 8.58.